The summed E-state index contributed by atoms with van der Waals surface area (Å²) in [5.41, 5.74) is 5.27. The summed E-state index contributed by atoms with van der Waals surface area (Å²) in [7, 11) is 0. The van der Waals surface area contributed by atoms with Crippen LogP contribution in [-0.4, -0.2) is 63.0 Å². The Balaban J connectivity index is 2.32. The van der Waals surface area contributed by atoms with Crippen LogP contribution in [-0.2, 0) is 4.74 Å². The van der Waals surface area contributed by atoms with Crippen molar-refractivity contribution >= 4 is 12.2 Å². The van der Waals surface area contributed by atoms with E-state index in [1.54, 1.807) is 19.9 Å². The van der Waals surface area contributed by atoms with Crippen molar-refractivity contribution in [3.05, 3.63) is 24.0 Å². The van der Waals surface area contributed by atoms with Crippen molar-refractivity contribution in [2.75, 3.05) is 6.61 Å². The average Bonchev–Trinajstić information content (AvgIpc) is 2.71. The van der Waals surface area contributed by atoms with Gasteiger partial charge in [-0.05, 0) is 13.8 Å². The Kier molecular flexibility index (Phi) is 4.15. The molecule has 21 heavy (non-hydrogen) atoms. The van der Waals surface area contributed by atoms with E-state index in [1.807, 2.05) is 0 Å². The van der Waals surface area contributed by atoms with E-state index in [2.05, 4.69) is 16.7 Å². The van der Waals surface area contributed by atoms with Crippen molar-refractivity contribution in [1.82, 2.24) is 5.01 Å². The van der Waals surface area contributed by atoms with Crippen LogP contribution in [0, 0.1) is 0 Å². The van der Waals surface area contributed by atoms with E-state index in [1.165, 1.54) is 11.3 Å². The Bertz CT molecular complexity index is 530. The topological polar surface area (TPSA) is 124 Å². The molecule has 2 heterocycles. The van der Waals surface area contributed by atoms with Crippen molar-refractivity contribution in [2.24, 2.45) is 15.8 Å². The summed E-state index contributed by atoms with van der Waals surface area (Å²) in [6, 6.07) is 0. The molecule has 0 unspecified atom stereocenters. The van der Waals surface area contributed by atoms with Gasteiger partial charge >= 0.3 is 0 Å². The van der Waals surface area contributed by atoms with Gasteiger partial charge in [-0.1, -0.05) is 12.7 Å². The fourth-order valence-electron chi connectivity index (χ4n) is 2.44. The molecule has 0 aromatic carbocycles. The molecule has 2 rings (SSSR count). The molecule has 2 aliphatic rings. The quantitative estimate of drug-likeness (QED) is 0.523. The lowest BCUT2D eigenvalue weighted by atomic mass is 9.93. The highest BCUT2D eigenvalue weighted by Crippen LogP contribution is 2.39. The zero-order chi connectivity index (χ0) is 15.8. The number of hydrogen-bond acceptors (Lipinski definition) is 8. The lowest BCUT2D eigenvalue weighted by Crippen LogP contribution is -2.47. The van der Waals surface area contributed by atoms with E-state index < -0.39 is 30.5 Å². The monoisotopic (exact) mass is 296 g/mol. The minimum absolute atomic E-state index is 0.254. The zero-order valence-electron chi connectivity index (χ0n) is 12.0. The number of nitrogens with zero attached hydrogens (tertiary/aromatic N) is 3. The molecule has 0 aromatic rings. The predicted molar refractivity (Wildman–Crippen MR) is 77.2 cm³/mol. The number of ether oxygens (including phenoxy) is 1. The van der Waals surface area contributed by atoms with Crippen LogP contribution in [0.5, 0.6) is 0 Å². The van der Waals surface area contributed by atoms with E-state index in [-0.39, 0.29) is 11.5 Å². The van der Waals surface area contributed by atoms with Crippen LogP contribution in [0.25, 0.3) is 0 Å². The molecule has 1 fully saturated rings. The van der Waals surface area contributed by atoms with Gasteiger partial charge in [-0.15, -0.1) is 0 Å². The Labute approximate surface area is 122 Å². The third-order valence-corrected chi connectivity index (χ3v) is 3.80. The molecule has 8 heteroatoms. The van der Waals surface area contributed by atoms with Crippen LogP contribution >= 0.6 is 0 Å². The standard InChI is InChI=1S/C13H20N4O4/c1-4-8-12(14)15-6-16-17(8)7(2)13(3)11(20)10(19)9(5-18)21-13/h4,6,9-11,18-20H,2,5H2,1,3H3,(H2,14,15,16)/b8-4-/t9-,10-,11-,13+/m1/s1. The van der Waals surface area contributed by atoms with Gasteiger partial charge in [0.05, 0.1) is 12.3 Å². The van der Waals surface area contributed by atoms with Gasteiger partial charge in [0.1, 0.15) is 35.9 Å². The summed E-state index contributed by atoms with van der Waals surface area (Å²) in [5.74, 6) is 0.254. The maximum atomic E-state index is 10.2. The van der Waals surface area contributed by atoms with Gasteiger partial charge < -0.3 is 25.8 Å². The molecular formula is C13H20N4O4. The summed E-state index contributed by atoms with van der Waals surface area (Å²) in [6.07, 6.45) is -0.403. The number of amidine groups is 1. The largest absolute Gasteiger partial charge is 0.394 e. The molecule has 116 valence electrons. The van der Waals surface area contributed by atoms with Gasteiger partial charge in [-0.3, -0.25) is 0 Å². The summed E-state index contributed by atoms with van der Waals surface area (Å²) in [4.78, 5) is 3.89. The van der Waals surface area contributed by atoms with Crippen molar-refractivity contribution in [1.29, 1.82) is 0 Å². The van der Waals surface area contributed by atoms with Crippen LogP contribution in [0.4, 0.5) is 0 Å². The summed E-state index contributed by atoms with van der Waals surface area (Å²) >= 11 is 0. The third-order valence-electron chi connectivity index (χ3n) is 3.80. The Morgan fingerprint density at radius 1 is 1.62 bits per heavy atom. The van der Waals surface area contributed by atoms with E-state index in [0.29, 0.717) is 5.70 Å². The van der Waals surface area contributed by atoms with Crippen molar-refractivity contribution in [2.45, 2.75) is 37.8 Å². The number of hydrogen-bond donors (Lipinski definition) is 4. The first kappa shape index (κ1) is 15.6. The van der Waals surface area contributed by atoms with Gasteiger partial charge in [0, 0.05) is 0 Å². The number of rotatable bonds is 3. The number of aliphatic imine (C=N–C) groups is 1. The Morgan fingerprint density at radius 3 is 2.81 bits per heavy atom. The van der Waals surface area contributed by atoms with E-state index in [4.69, 9.17) is 10.5 Å². The molecule has 0 aliphatic carbocycles. The van der Waals surface area contributed by atoms with E-state index >= 15 is 0 Å². The maximum absolute atomic E-state index is 10.2. The smallest absolute Gasteiger partial charge is 0.150 e. The van der Waals surface area contributed by atoms with Crippen LogP contribution in [0.15, 0.2) is 34.1 Å². The minimum Gasteiger partial charge on any atom is -0.394 e. The highest BCUT2D eigenvalue weighted by atomic mass is 16.6. The molecule has 4 atom stereocenters. The normalized spacial score (nSPS) is 38.0. The first-order valence-corrected chi connectivity index (χ1v) is 6.53. The van der Waals surface area contributed by atoms with Crippen molar-refractivity contribution in [3.63, 3.8) is 0 Å². The van der Waals surface area contributed by atoms with E-state index in [0.717, 1.165) is 0 Å². The van der Waals surface area contributed by atoms with E-state index in [9.17, 15) is 15.3 Å². The van der Waals surface area contributed by atoms with Crippen LogP contribution in [0.1, 0.15) is 13.8 Å². The van der Waals surface area contributed by atoms with Crippen molar-refractivity contribution < 1.29 is 20.1 Å². The number of aliphatic hydroxyl groups excluding tert-OH is 3. The molecule has 0 bridgehead atoms. The zero-order valence-corrected chi connectivity index (χ0v) is 12.0. The second-order valence-electron chi connectivity index (χ2n) is 5.06. The number of hydrazone groups is 1. The molecule has 0 spiro atoms. The Hall–Kier alpha value is -1.74. The van der Waals surface area contributed by atoms with Crippen LogP contribution < -0.4 is 5.73 Å². The highest BCUT2D eigenvalue weighted by Gasteiger charge is 2.54. The van der Waals surface area contributed by atoms with Crippen LogP contribution in [0.3, 0.4) is 0 Å². The van der Waals surface area contributed by atoms with Gasteiger partial charge in [0.2, 0.25) is 0 Å². The highest BCUT2D eigenvalue weighted by molar-refractivity contribution is 6.01. The molecule has 0 radical (unpaired) electrons. The lowest BCUT2D eigenvalue weighted by molar-refractivity contribution is -0.0684. The molecule has 2 aliphatic heterocycles. The number of nitrogens with two attached hydrogens (primary N) is 1. The Morgan fingerprint density at radius 2 is 2.29 bits per heavy atom. The molecule has 0 aromatic heterocycles. The van der Waals surface area contributed by atoms with Gasteiger partial charge in [0.15, 0.2) is 5.84 Å². The SMILES string of the molecule is C=C(N1N=CN=C(N)/C1=C/C)[C@]1(C)O[C@H](CO)[C@@H](O)[C@H]1O. The summed E-state index contributed by atoms with van der Waals surface area (Å²) < 4.78 is 5.59. The average molecular weight is 296 g/mol. The molecule has 5 N–H and O–H groups in total. The van der Waals surface area contributed by atoms with Gasteiger partial charge in [0.25, 0.3) is 0 Å². The van der Waals surface area contributed by atoms with Crippen LogP contribution in [0.2, 0.25) is 0 Å². The second-order valence-corrected chi connectivity index (χ2v) is 5.06. The molecular weight excluding hydrogens is 276 g/mol. The number of aliphatic hydroxyl groups is 3. The fourth-order valence-corrected chi connectivity index (χ4v) is 2.44. The second kappa shape index (κ2) is 5.57. The minimum atomic E-state index is -1.31. The molecule has 0 amide bonds. The van der Waals surface area contributed by atoms with Crippen molar-refractivity contribution in [3.8, 4) is 0 Å². The fraction of sp³-hybridized carbons (Fsp3) is 0.538. The van der Waals surface area contributed by atoms with Gasteiger partial charge in [-0.25, -0.2) is 10.0 Å². The first-order chi connectivity index (χ1) is 9.86. The predicted octanol–water partition coefficient (Wildman–Crippen LogP) is -1.11. The first-order valence-electron chi connectivity index (χ1n) is 6.53. The summed E-state index contributed by atoms with van der Waals surface area (Å²) in [6.45, 7) is 6.82. The third kappa shape index (κ3) is 2.36. The maximum Gasteiger partial charge on any atom is 0.150 e. The summed E-state index contributed by atoms with van der Waals surface area (Å²) in [5, 5.41) is 34.8. The molecule has 1 saturated heterocycles. The number of allylic oxidation sites excluding steroid dienone is 1. The molecule has 8 nitrogen and oxygen atoms in total. The van der Waals surface area contributed by atoms with Gasteiger partial charge in [-0.2, -0.15) is 5.10 Å². The molecule has 0 saturated carbocycles. The lowest BCUT2D eigenvalue weighted by Gasteiger charge is -2.36.